The highest BCUT2D eigenvalue weighted by Crippen LogP contribution is 2.54. The van der Waals surface area contributed by atoms with Gasteiger partial charge in [0.05, 0.1) is 35.0 Å². The fourth-order valence-corrected chi connectivity index (χ4v) is 8.07. The van der Waals surface area contributed by atoms with E-state index >= 15 is 0 Å². The zero-order valence-electron chi connectivity index (χ0n) is 21.6. The Balaban J connectivity index is 0.987. The summed E-state index contributed by atoms with van der Waals surface area (Å²) in [4.78, 5) is 55.3. The highest BCUT2D eigenvalue weighted by atomic mass is 16.2. The van der Waals surface area contributed by atoms with E-state index < -0.39 is 0 Å². The summed E-state index contributed by atoms with van der Waals surface area (Å²) in [5.74, 6) is 5.57. The van der Waals surface area contributed by atoms with Crippen LogP contribution in [0.2, 0.25) is 0 Å². The van der Waals surface area contributed by atoms with Crippen molar-refractivity contribution in [2.45, 2.75) is 12.8 Å². The molecule has 196 valence electrons. The van der Waals surface area contributed by atoms with Gasteiger partial charge in [-0.1, -0.05) is 54.3 Å². The van der Waals surface area contributed by atoms with Crippen LogP contribution < -0.4 is 9.80 Å². The largest absolute Gasteiger partial charge is 0.274 e. The van der Waals surface area contributed by atoms with E-state index in [2.05, 4.69) is 36.1 Å². The van der Waals surface area contributed by atoms with Gasteiger partial charge in [0.1, 0.15) is 0 Å². The van der Waals surface area contributed by atoms with Gasteiger partial charge in [-0.05, 0) is 84.6 Å². The summed E-state index contributed by atoms with van der Waals surface area (Å²) in [7, 11) is 0. The monoisotopic (exact) mass is 526 g/mol. The van der Waals surface area contributed by atoms with Gasteiger partial charge < -0.3 is 0 Å². The molecule has 6 nitrogen and oxygen atoms in total. The highest BCUT2D eigenvalue weighted by Gasteiger charge is 2.60. The number of rotatable bonds is 3. The van der Waals surface area contributed by atoms with Crippen molar-refractivity contribution in [3.63, 3.8) is 0 Å². The quantitative estimate of drug-likeness (QED) is 0.338. The molecule has 0 radical (unpaired) electrons. The number of imide groups is 2. The summed E-state index contributed by atoms with van der Waals surface area (Å²) in [6.07, 6.45) is 13.8. The first-order valence-corrected chi connectivity index (χ1v) is 14.0. The number of fused-ring (bicyclic) bond motifs is 10. The van der Waals surface area contributed by atoms with Gasteiger partial charge >= 0.3 is 0 Å². The smallest absolute Gasteiger partial charge is 0.238 e. The third-order valence-electron chi connectivity index (χ3n) is 9.75. The molecular formula is C34H26N2O4. The number of hydrogen-bond acceptors (Lipinski definition) is 4. The van der Waals surface area contributed by atoms with Crippen LogP contribution in [-0.2, 0) is 19.2 Å². The molecule has 2 saturated carbocycles. The van der Waals surface area contributed by atoms with Crippen LogP contribution in [0.4, 0.5) is 11.4 Å². The van der Waals surface area contributed by atoms with E-state index in [-0.39, 0.29) is 71.0 Å². The summed E-state index contributed by atoms with van der Waals surface area (Å²) in [6.45, 7) is 0. The van der Waals surface area contributed by atoms with Crippen molar-refractivity contribution in [3.05, 3.63) is 90.0 Å². The molecule has 8 rings (SSSR count). The Morgan fingerprint density at radius 2 is 1.10 bits per heavy atom. The van der Waals surface area contributed by atoms with Crippen LogP contribution >= 0.6 is 0 Å². The summed E-state index contributed by atoms with van der Waals surface area (Å²) in [5, 5.41) is 0. The topological polar surface area (TPSA) is 74.8 Å². The molecule has 6 heteroatoms. The number of amides is 4. The normalized spacial score (nSPS) is 34.4. The van der Waals surface area contributed by atoms with Crippen molar-refractivity contribution in [1.29, 1.82) is 0 Å². The van der Waals surface area contributed by atoms with E-state index in [0.29, 0.717) is 16.9 Å². The highest BCUT2D eigenvalue weighted by molar-refractivity contribution is 6.23. The van der Waals surface area contributed by atoms with E-state index in [1.165, 1.54) is 9.80 Å². The Morgan fingerprint density at radius 3 is 1.62 bits per heavy atom. The van der Waals surface area contributed by atoms with E-state index in [1.54, 1.807) is 24.3 Å². The number of hydrogen-bond donors (Lipinski definition) is 0. The maximum absolute atomic E-state index is 13.2. The van der Waals surface area contributed by atoms with Crippen molar-refractivity contribution in [3.8, 4) is 11.8 Å². The second-order valence-corrected chi connectivity index (χ2v) is 11.8. The Morgan fingerprint density at radius 1 is 0.625 bits per heavy atom. The number of nitrogens with zero attached hydrogens (tertiary/aromatic N) is 2. The zero-order valence-corrected chi connectivity index (χ0v) is 21.6. The molecule has 2 aromatic rings. The molecule has 6 aliphatic rings. The van der Waals surface area contributed by atoms with E-state index in [4.69, 9.17) is 0 Å². The molecule has 0 aromatic heterocycles. The second kappa shape index (κ2) is 8.50. The van der Waals surface area contributed by atoms with Gasteiger partial charge in [0.25, 0.3) is 0 Å². The third kappa shape index (κ3) is 3.24. The summed E-state index contributed by atoms with van der Waals surface area (Å²) in [5.41, 5.74) is 2.71. The molecule has 2 heterocycles. The first kappa shape index (κ1) is 23.4. The van der Waals surface area contributed by atoms with Gasteiger partial charge in [-0.15, -0.1) is 0 Å². The summed E-state index contributed by atoms with van der Waals surface area (Å²) >= 11 is 0. The van der Waals surface area contributed by atoms with E-state index in [0.717, 1.165) is 18.4 Å². The zero-order chi connectivity index (χ0) is 27.1. The van der Waals surface area contributed by atoms with Crippen molar-refractivity contribution in [2.24, 2.45) is 47.3 Å². The van der Waals surface area contributed by atoms with E-state index in [9.17, 15) is 19.2 Å². The summed E-state index contributed by atoms with van der Waals surface area (Å²) in [6, 6.07) is 14.6. The lowest BCUT2D eigenvalue weighted by Gasteiger charge is -2.17. The molecule has 4 aliphatic carbocycles. The maximum atomic E-state index is 13.2. The fraction of sp³-hybridized carbons (Fsp3) is 0.294. The Hall–Kier alpha value is -4.50. The lowest BCUT2D eigenvalue weighted by molar-refractivity contribution is -0.124. The molecule has 0 N–H and O–H groups in total. The molecule has 0 spiro atoms. The standard InChI is InChI=1S/C34H26N2O4/c37-31-27-21-11-12-22(17-21)28(27)32(38)35(31)25-9-3-7-19(15-25)5-1-2-6-20-8-4-10-26(16-20)36-33(39)29-23-13-14-24(18-23)30(29)34(36)40/h1,3-5,7-16,21-24,27-30H,17-18H2/b5-1+/t21-,22+,23-,24-,27-,28+,29-,30+/m0/s1. The minimum absolute atomic E-state index is 0.0878. The Kier molecular flexibility index (Phi) is 4.97. The van der Waals surface area contributed by atoms with Gasteiger partial charge in [0.2, 0.25) is 23.6 Å². The maximum Gasteiger partial charge on any atom is 0.238 e. The molecule has 4 amide bonds. The van der Waals surface area contributed by atoms with Crippen LogP contribution in [0.15, 0.2) is 78.9 Å². The molecule has 4 bridgehead atoms. The first-order valence-electron chi connectivity index (χ1n) is 14.0. The second-order valence-electron chi connectivity index (χ2n) is 11.8. The average Bonchev–Trinajstić information content (AvgIpc) is 3.80. The summed E-state index contributed by atoms with van der Waals surface area (Å²) < 4.78 is 0. The minimum Gasteiger partial charge on any atom is -0.274 e. The molecule has 40 heavy (non-hydrogen) atoms. The van der Waals surface area contributed by atoms with Gasteiger partial charge in [0.15, 0.2) is 0 Å². The van der Waals surface area contributed by atoms with Gasteiger partial charge in [-0.3, -0.25) is 19.2 Å². The lowest BCUT2D eigenvalue weighted by Crippen LogP contribution is -2.32. The molecule has 4 fully saturated rings. The molecule has 0 unspecified atom stereocenters. The van der Waals surface area contributed by atoms with Crippen LogP contribution in [-0.4, -0.2) is 23.6 Å². The van der Waals surface area contributed by atoms with E-state index in [1.807, 2.05) is 36.4 Å². The van der Waals surface area contributed by atoms with Gasteiger partial charge in [0, 0.05) is 5.56 Å². The van der Waals surface area contributed by atoms with Crippen molar-refractivity contribution < 1.29 is 19.2 Å². The number of anilines is 2. The lowest BCUT2D eigenvalue weighted by atomic mass is 9.85. The average molecular weight is 527 g/mol. The number of allylic oxidation sites excluding steroid dienone is 5. The first-order chi connectivity index (χ1) is 19.5. The molecule has 8 atom stereocenters. The predicted octanol–water partition coefficient (Wildman–Crippen LogP) is 4.37. The SMILES string of the molecule is O=C1[C@@H]2[C@H](C(=O)N1c1cccc(/C=C/C#Cc3cccc(N4C(=O)[C@@H]5[C@H](C4=O)[C@H]4C=C[C@H]5C4)c3)c1)[C@@H]1C=C[C@H]2C1. The molecule has 2 aliphatic heterocycles. The predicted molar refractivity (Wildman–Crippen MR) is 149 cm³/mol. The van der Waals surface area contributed by atoms with Gasteiger partial charge in [-0.25, -0.2) is 9.80 Å². The van der Waals surface area contributed by atoms with Crippen molar-refractivity contribution in [2.75, 3.05) is 9.80 Å². The molecule has 2 saturated heterocycles. The van der Waals surface area contributed by atoms with Crippen LogP contribution in [0.5, 0.6) is 0 Å². The molecular weight excluding hydrogens is 500 g/mol. The van der Waals surface area contributed by atoms with Crippen LogP contribution in [0, 0.1) is 59.2 Å². The van der Waals surface area contributed by atoms with Crippen molar-refractivity contribution >= 4 is 41.1 Å². The van der Waals surface area contributed by atoms with Crippen LogP contribution in [0.1, 0.15) is 24.0 Å². The van der Waals surface area contributed by atoms with Crippen LogP contribution in [0.3, 0.4) is 0 Å². The van der Waals surface area contributed by atoms with Gasteiger partial charge in [-0.2, -0.15) is 0 Å². The third-order valence-corrected chi connectivity index (χ3v) is 9.75. The fourth-order valence-electron chi connectivity index (χ4n) is 8.07. The van der Waals surface area contributed by atoms with Crippen molar-refractivity contribution in [1.82, 2.24) is 0 Å². The minimum atomic E-state index is -0.228. The number of carbonyl (C=O) groups is 4. The Bertz CT molecular complexity index is 1610. The Labute approximate surface area is 232 Å². The molecule has 2 aromatic carbocycles. The van der Waals surface area contributed by atoms with Crippen LogP contribution in [0.25, 0.3) is 6.08 Å². The number of carbonyl (C=O) groups excluding carboxylic acids is 4. The number of benzene rings is 2.